The van der Waals surface area contributed by atoms with Crippen LogP contribution in [0.25, 0.3) is 0 Å². The Morgan fingerprint density at radius 1 is 1.27 bits per heavy atom. The number of rotatable bonds is 9. The largest absolute Gasteiger partial charge is 0.493 e. The molecule has 6 heteroatoms. The third-order valence-corrected chi connectivity index (χ3v) is 3.68. The number of nitrogens with one attached hydrogen (secondary N) is 1. The van der Waals surface area contributed by atoms with Gasteiger partial charge < -0.3 is 19.5 Å². The minimum atomic E-state index is -0.312. The number of hydrogen-bond donors (Lipinski definition) is 1. The molecule has 0 aliphatic carbocycles. The van der Waals surface area contributed by atoms with Crippen LogP contribution in [0.2, 0.25) is 5.02 Å². The standard InChI is InChI=1S/C20H22ClNO4/c1-4-9-25-16-8-6-7-15(13-16)22-20(23)14-11-17(21)19(26-10-5-2)18(12-14)24-3/h4,6-8,11-13H,1,5,9-10H2,2-3H3,(H,22,23). The number of benzene rings is 2. The fraction of sp³-hybridized carbons (Fsp3) is 0.250. The van der Waals surface area contributed by atoms with E-state index in [0.29, 0.717) is 46.7 Å². The molecule has 1 N–H and O–H groups in total. The summed E-state index contributed by atoms with van der Waals surface area (Å²) in [5.41, 5.74) is 0.978. The maximum atomic E-state index is 12.6. The summed E-state index contributed by atoms with van der Waals surface area (Å²) < 4.78 is 16.4. The van der Waals surface area contributed by atoms with Gasteiger partial charge in [0, 0.05) is 17.3 Å². The summed E-state index contributed by atoms with van der Waals surface area (Å²) in [6, 6.07) is 10.3. The van der Waals surface area contributed by atoms with Crippen molar-refractivity contribution in [2.75, 3.05) is 25.6 Å². The summed E-state index contributed by atoms with van der Waals surface area (Å²) in [4.78, 5) is 12.6. The Bertz CT molecular complexity index is 776. The summed E-state index contributed by atoms with van der Waals surface area (Å²) >= 11 is 6.26. The first kappa shape index (κ1) is 19.7. The number of carbonyl (C=O) groups is 1. The first-order valence-corrected chi connectivity index (χ1v) is 8.62. The summed E-state index contributed by atoms with van der Waals surface area (Å²) in [5, 5.41) is 3.14. The zero-order valence-electron chi connectivity index (χ0n) is 14.9. The number of carbonyl (C=O) groups excluding carboxylic acids is 1. The van der Waals surface area contributed by atoms with Crippen molar-refractivity contribution in [3.05, 3.63) is 59.6 Å². The number of amides is 1. The number of hydrogen-bond acceptors (Lipinski definition) is 4. The van der Waals surface area contributed by atoms with Gasteiger partial charge in [0.2, 0.25) is 0 Å². The normalized spacial score (nSPS) is 10.1. The fourth-order valence-electron chi connectivity index (χ4n) is 2.22. The minimum absolute atomic E-state index is 0.312. The molecular weight excluding hydrogens is 354 g/mol. The molecule has 0 saturated heterocycles. The number of ether oxygens (including phenoxy) is 3. The maximum absolute atomic E-state index is 12.6. The van der Waals surface area contributed by atoms with Gasteiger partial charge in [-0.1, -0.05) is 37.2 Å². The van der Waals surface area contributed by atoms with Crippen LogP contribution in [0.4, 0.5) is 5.69 Å². The Morgan fingerprint density at radius 2 is 2.08 bits per heavy atom. The van der Waals surface area contributed by atoms with Crippen LogP contribution >= 0.6 is 11.6 Å². The molecule has 138 valence electrons. The molecule has 0 aromatic heterocycles. The van der Waals surface area contributed by atoms with Crippen LogP contribution in [-0.2, 0) is 0 Å². The fourth-order valence-corrected chi connectivity index (χ4v) is 2.48. The van der Waals surface area contributed by atoms with Gasteiger partial charge in [-0.2, -0.15) is 0 Å². The van der Waals surface area contributed by atoms with E-state index in [2.05, 4.69) is 11.9 Å². The van der Waals surface area contributed by atoms with Crippen molar-refractivity contribution in [1.82, 2.24) is 0 Å². The quantitative estimate of drug-likeness (QED) is 0.630. The van der Waals surface area contributed by atoms with Crippen molar-refractivity contribution < 1.29 is 19.0 Å². The summed E-state index contributed by atoms with van der Waals surface area (Å²) in [5.74, 6) is 1.18. The van der Waals surface area contributed by atoms with E-state index in [-0.39, 0.29) is 5.91 Å². The van der Waals surface area contributed by atoms with Gasteiger partial charge in [0.1, 0.15) is 12.4 Å². The van der Waals surface area contributed by atoms with E-state index in [4.69, 9.17) is 25.8 Å². The molecule has 0 aliphatic heterocycles. The third kappa shape index (κ3) is 5.17. The van der Waals surface area contributed by atoms with Crippen molar-refractivity contribution in [2.24, 2.45) is 0 Å². The molecule has 2 rings (SSSR count). The zero-order chi connectivity index (χ0) is 18.9. The molecule has 0 bridgehead atoms. The average Bonchev–Trinajstić information content (AvgIpc) is 2.65. The molecule has 0 heterocycles. The van der Waals surface area contributed by atoms with Gasteiger partial charge in [-0.15, -0.1) is 0 Å². The first-order chi connectivity index (χ1) is 12.6. The third-order valence-electron chi connectivity index (χ3n) is 3.40. The van der Waals surface area contributed by atoms with E-state index >= 15 is 0 Å². The molecule has 0 saturated carbocycles. The van der Waals surface area contributed by atoms with Crippen LogP contribution in [-0.4, -0.2) is 26.2 Å². The van der Waals surface area contributed by atoms with Crippen LogP contribution < -0.4 is 19.5 Å². The van der Waals surface area contributed by atoms with Crippen molar-refractivity contribution in [3.63, 3.8) is 0 Å². The lowest BCUT2D eigenvalue weighted by molar-refractivity contribution is 0.102. The molecule has 0 aliphatic rings. The molecule has 26 heavy (non-hydrogen) atoms. The van der Waals surface area contributed by atoms with E-state index in [1.165, 1.54) is 7.11 Å². The molecular formula is C20H22ClNO4. The highest BCUT2D eigenvalue weighted by molar-refractivity contribution is 6.32. The van der Waals surface area contributed by atoms with Crippen molar-refractivity contribution in [2.45, 2.75) is 13.3 Å². The van der Waals surface area contributed by atoms with Crippen LogP contribution in [0.15, 0.2) is 49.1 Å². The average molecular weight is 376 g/mol. The van der Waals surface area contributed by atoms with Crippen LogP contribution in [0.5, 0.6) is 17.2 Å². The predicted molar refractivity (Wildman–Crippen MR) is 104 cm³/mol. The van der Waals surface area contributed by atoms with E-state index in [1.54, 1.807) is 42.5 Å². The smallest absolute Gasteiger partial charge is 0.255 e. The van der Waals surface area contributed by atoms with Gasteiger partial charge >= 0.3 is 0 Å². The summed E-state index contributed by atoms with van der Waals surface area (Å²) in [6.07, 6.45) is 2.49. The molecule has 0 radical (unpaired) electrons. The summed E-state index contributed by atoms with van der Waals surface area (Å²) in [6.45, 7) is 6.51. The monoisotopic (exact) mass is 375 g/mol. The van der Waals surface area contributed by atoms with E-state index in [0.717, 1.165) is 6.42 Å². The lowest BCUT2D eigenvalue weighted by Gasteiger charge is -2.14. The second-order valence-corrected chi connectivity index (χ2v) is 5.83. The number of anilines is 1. The van der Waals surface area contributed by atoms with Crippen molar-refractivity contribution in [3.8, 4) is 17.2 Å². The topological polar surface area (TPSA) is 56.8 Å². The second-order valence-electron chi connectivity index (χ2n) is 5.42. The lowest BCUT2D eigenvalue weighted by Crippen LogP contribution is -2.12. The van der Waals surface area contributed by atoms with Gasteiger partial charge in [-0.25, -0.2) is 0 Å². The van der Waals surface area contributed by atoms with Crippen LogP contribution in [0.3, 0.4) is 0 Å². The molecule has 0 fully saturated rings. The SMILES string of the molecule is C=CCOc1cccc(NC(=O)c2cc(Cl)c(OCCC)c(OC)c2)c1. The Hall–Kier alpha value is -2.66. The van der Waals surface area contributed by atoms with Gasteiger partial charge in [-0.05, 0) is 30.7 Å². The minimum Gasteiger partial charge on any atom is -0.493 e. The van der Waals surface area contributed by atoms with E-state index < -0.39 is 0 Å². The van der Waals surface area contributed by atoms with Gasteiger partial charge in [0.05, 0.1) is 18.7 Å². The molecule has 2 aromatic carbocycles. The second kappa shape index (κ2) is 9.73. The zero-order valence-corrected chi connectivity index (χ0v) is 15.6. The van der Waals surface area contributed by atoms with Gasteiger partial charge in [0.25, 0.3) is 5.91 Å². The van der Waals surface area contributed by atoms with Gasteiger partial charge in [-0.3, -0.25) is 4.79 Å². The number of methoxy groups -OCH3 is 1. The Balaban J connectivity index is 2.19. The van der Waals surface area contributed by atoms with E-state index in [9.17, 15) is 4.79 Å². The predicted octanol–water partition coefficient (Wildman–Crippen LogP) is 4.95. The van der Waals surface area contributed by atoms with Crippen molar-refractivity contribution in [1.29, 1.82) is 0 Å². The number of halogens is 1. The highest BCUT2D eigenvalue weighted by Gasteiger charge is 2.16. The maximum Gasteiger partial charge on any atom is 0.255 e. The van der Waals surface area contributed by atoms with E-state index in [1.807, 2.05) is 6.92 Å². The Morgan fingerprint density at radius 3 is 2.77 bits per heavy atom. The lowest BCUT2D eigenvalue weighted by atomic mass is 10.1. The molecule has 1 amide bonds. The first-order valence-electron chi connectivity index (χ1n) is 8.24. The van der Waals surface area contributed by atoms with Gasteiger partial charge in [0.15, 0.2) is 11.5 Å². The summed E-state index contributed by atoms with van der Waals surface area (Å²) in [7, 11) is 1.51. The highest BCUT2D eigenvalue weighted by atomic mass is 35.5. The van der Waals surface area contributed by atoms with Crippen molar-refractivity contribution >= 4 is 23.2 Å². The molecule has 2 aromatic rings. The molecule has 0 spiro atoms. The Kier molecular flexibility index (Phi) is 7.36. The molecule has 0 unspecified atom stereocenters. The van der Waals surface area contributed by atoms with Crippen LogP contribution in [0.1, 0.15) is 23.7 Å². The Labute approximate surface area is 158 Å². The van der Waals surface area contributed by atoms with Crippen LogP contribution in [0, 0.1) is 0 Å². The highest BCUT2D eigenvalue weighted by Crippen LogP contribution is 2.36. The molecule has 5 nitrogen and oxygen atoms in total. The molecule has 0 atom stereocenters.